The highest BCUT2D eigenvalue weighted by atomic mass is 19.1. The Balaban J connectivity index is 1.97. The molecule has 0 bridgehead atoms. The highest BCUT2D eigenvalue weighted by Gasteiger charge is 2.32. The fraction of sp³-hybridized carbons (Fsp3) is 0.500. The number of hydrogen-bond donors (Lipinski definition) is 1. The summed E-state index contributed by atoms with van der Waals surface area (Å²) in [6.07, 6.45) is 0.647. The first kappa shape index (κ1) is 15.5. The monoisotopic (exact) mass is 292 g/mol. The first-order valence-electron chi connectivity index (χ1n) is 7.13. The van der Waals surface area contributed by atoms with Gasteiger partial charge in [0.15, 0.2) is 5.78 Å². The molecule has 1 aromatic carbocycles. The number of rotatable bonds is 2. The lowest BCUT2D eigenvalue weighted by atomic mass is 9.97. The Morgan fingerprint density at radius 2 is 1.86 bits per heavy atom. The number of urea groups is 1. The van der Waals surface area contributed by atoms with Crippen LogP contribution in [0, 0.1) is 11.7 Å². The van der Waals surface area contributed by atoms with Gasteiger partial charge in [0.2, 0.25) is 0 Å². The van der Waals surface area contributed by atoms with Crippen LogP contribution >= 0.6 is 0 Å². The van der Waals surface area contributed by atoms with Crippen molar-refractivity contribution in [1.82, 2.24) is 10.2 Å². The molecule has 1 heterocycles. The summed E-state index contributed by atoms with van der Waals surface area (Å²) in [6, 6.07) is 5.42. The molecule has 1 unspecified atom stereocenters. The number of likely N-dealkylation sites (tertiary alicyclic amines) is 1. The molecule has 0 saturated carbocycles. The summed E-state index contributed by atoms with van der Waals surface area (Å²) in [6.45, 7) is 6.74. The maximum atomic E-state index is 12.9. The van der Waals surface area contributed by atoms with Crippen molar-refractivity contribution >= 4 is 11.8 Å². The standard InChI is InChI=1S/C16H21FN2O2/c1-16(2,3)18-15(21)19-9-8-12(10-19)14(20)11-4-6-13(17)7-5-11/h4-7,12H,8-10H2,1-3H3,(H,18,21). The minimum Gasteiger partial charge on any atom is -0.333 e. The van der Waals surface area contributed by atoms with Crippen LogP contribution in [0.4, 0.5) is 9.18 Å². The van der Waals surface area contributed by atoms with Gasteiger partial charge in [0.1, 0.15) is 5.82 Å². The number of hydrogen-bond acceptors (Lipinski definition) is 2. The number of ketones is 1. The minimum absolute atomic E-state index is 0.0268. The zero-order chi connectivity index (χ0) is 15.6. The van der Waals surface area contributed by atoms with Crippen LogP contribution in [0.2, 0.25) is 0 Å². The first-order chi connectivity index (χ1) is 9.76. The summed E-state index contributed by atoms with van der Waals surface area (Å²) in [5.74, 6) is -0.591. The van der Waals surface area contributed by atoms with Gasteiger partial charge in [0.25, 0.3) is 0 Å². The molecule has 5 heteroatoms. The van der Waals surface area contributed by atoms with Gasteiger partial charge in [-0.3, -0.25) is 4.79 Å². The number of nitrogens with one attached hydrogen (secondary N) is 1. The molecule has 1 atom stereocenters. The molecule has 4 nitrogen and oxygen atoms in total. The molecule has 1 aromatic rings. The summed E-state index contributed by atoms with van der Waals surface area (Å²) < 4.78 is 12.9. The van der Waals surface area contributed by atoms with Crippen LogP contribution in [-0.4, -0.2) is 35.3 Å². The van der Waals surface area contributed by atoms with Gasteiger partial charge in [-0.05, 0) is 51.5 Å². The molecule has 2 rings (SSSR count). The second kappa shape index (κ2) is 5.84. The smallest absolute Gasteiger partial charge is 0.317 e. The van der Waals surface area contributed by atoms with Crippen LogP contribution < -0.4 is 5.32 Å². The van der Waals surface area contributed by atoms with E-state index in [4.69, 9.17) is 0 Å². The lowest BCUT2D eigenvalue weighted by Crippen LogP contribution is -2.47. The molecule has 21 heavy (non-hydrogen) atoms. The highest BCUT2D eigenvalue weighted by Crippen LogP contribution is 2.21. The van der Waals surface area contributed by atoms with Gasteiger partial charge in [-0.15, -0.1) is 0 Å². The van der Waals surface area contributed by atoms with Crippen LogP contribution in [0.1, 0.15) is 37.6 Å². The van der Waals surface area contributed by atoms with E-state index in [1.54, 1.807) is 4.90 Å². The van der Waals surface area contributed by atoms with E-state index in [0.717, 1.165) is 0 Å². The van der Waals surface area contributed by atoms with Gasteiger partial charge in [0.05, 0.1) is 0 Å². The van der Waals surface area contributed by atoms with Gasteiger partial charge < -0.3 is 10.2 Å². The molecule has 1 fully saturated rings. The van der Waals surface area contributed by atoms with Crippen LogP contribution in [0.3, 0.4) is 0 Å². The van der Waals surface area contributed by atoms with Crippen molar-refractivity contribution in [3.63, 3.8) is 0 Å². The third-order valence-corrected chi connectivity index (χ3v) is 3.46. The van der Waals surface area contributed by atoms with Crippen molar-refractivity contribution in [3.05, 3.63) is 35.6 Å². The topological polar surface area (TPSA) is 49.4 Å². The largest absolute Gasteiger partial charge is 0.333 e. The molecule has 0 radical (unpaired) electrons. The average molecular weight is 292 g/mol. The fourth-order valence-electron chi connectivity index (χ4n) is 2.41. The third kappa shape index (κ3) is 4.03. The predicted molar refractivity (Wildman–Crippen MR) is 78.7 cm³/mol. The fourth-order valence-corrected chi connectivity index (χ4v) is 2.41. The molecule has 1 aliphatic rings. The Morgan fingerprint density at radius 3 is 2.43 bits per heavy atom. The van der Waals surface area contributed by atoms with E-state index in [1.807, 2.05) is 20.8 Å². The van der Waals surface area contributed by atoms with Gasteiger partial charge in [0, 0.05) is 30.1 Å². The van der Waals surface area contributed by atoms with Crippen molar-refractivity contribution in [2.24, 2.45) is 5.92 Å². The Bertz CT molecular complexity index is 534. The van der Waals surface area contributed by atoms with E-state index >= 15 is 0 Å². The van der Waals surface area contributed by atoms with Crippen LogP contribution in [0.5, 0.6) is 0 Å². The normalized spacial score (nSPS) is 18.7. The Kier molecular flexibility index (Phi) is 4.30. The summed E-state index contributed by atoms with van der Waals surface area (Å²) in [5.41, 5.74) is 0.204. The zero-order valence-electron chi connectivity index (χ0n) is 12.6. The second-order valence-electron chi connectivity index (χ2n) is 6.48. The van der Waals surface area contributed by atoms with Crippen molar-refractivity contribution in [2.45, 2.75) is 32.7 Å². The third-order valence-electron chi connectivity index (χ3n) is 3.46. The summed E-state index contributed by atoms with van der Waals surface area (Å²) in [5, 5.41) is 2.89. The molecule has 1 N–H and O–H groups in total. The summed E-state index contributed by atoms with van der Waals surface area (Å²) in [4.78, 5) is 26.1. The second-order valence-corrected chi connectivity index (χ2v) is 6.48. The number of carbonyl (C=O) groups excluding carboxylic acids is 2. The van der Waals surface area contributed by atoms with Gasteiger partial charge in [-0.25, -0.2) is 9.18 Å². The van der Waals surface area contributed by atoms with Crippen molar-refractivity contribution in [1.29, 1.82) is 0 Å². The molecular weight excluding hydrogens is 271 g/mol. The SMILES string of the molecule is CC(C)(C)NC(=O)N1CCC(C(=O)c2ccc(F)cc2)C1. The van der Waals surface area contributed by atoms with Gasteiger partial charge in [-0.1, -0.05) is 0 Å². The average Bonchev–Trinajstić information content (AvgIpc) is 2.86. The first-order valence-corrected chi connectivity index (χ1v) is 7.13. The summed E-state index contributed by atoms with van der Waals surface area (Å²) in [7, 11) is 0. The summed E-state index contributed by atoms with van der Waals surface area (Å²) >= 11 is 0. The van der Waals surface area contributed by atoms with E-state index in [2.05, 4.69) is 5.32 Å². The van der Waals surface area contributed by atoms with Gasteiger partial charge >= 0.3 is 6.03 Å². The maximum Gasteiger partial charge on any atom is 0.317 e. The quantitative estimate of drug-likeness (QED) is 0.852. The van der Waals surface area contributed by atoms with Crippen molar-refractivity contribution in [3.8, 4) is 0 Å². The number of benzene rings is 1. The molecule has 0 aliphatic carbocycles. The molecule has 0 aromatic heterocycles. The zero-order valence-corrected chi connectivity index (χ0v) is 12.6. The van der Waals surface area contributed by atoms with Crippen molar-refractivity contribution < 1.29 is 14.0 Å². The maximum absolute atomic E-state index is 12.9. The van der Waals surface area contributed by atoms with Crippen LogP contribution in [0.15, 0.2) is 24.3 Å². The van der Waals surface area contributed by atoms with Crippen LogP contribution in [0.25, 0.3) is 0 Å². The molecule has 1 aliphatic heterocycles. The van der Waals surface area contributed by atoms with E-state index in [-0.39, 0.29) is 29.1 Å². The molecule has 0 spiro atoms. The van der Waals surface area contributed by atoms with Crippen molar-refractivity contribution in [2.75, 3.05) is 13.1 Å². The number of halogens is 1. The number of Topliss-reactive ketones (excluding diaryl/α,β-unsaturated/α-hetero) is 1. The van der Waals surface area contributed by atoms with Gasteiger partial charge in [-0.2, -0.15) is 0 Å². The highest BCUT2D eigenvalue weighted by molar-refractivity contribution is 5.98. The molecule has 1 saturated heterocycles. The Morgan fingerprint density at radius 1 is 1.24 bits per heavy atom. The lowest BCUT2D eigenvalue weighted by molar-refractivity contribution is 0.0925. The van der Waals surface area contributed by atoms with E-state index in [9.17, 15) is 14.0 Å². The predicted octanol–water partition coefficient (Wildman–Crippen LogP) is 2.84. The minimum atomic E-state index is -0.357. The molecular formula is C16H21FN2O2. The van der Waals surface area contributed by atoms with E-state index in [1.165, 1.54) is 24.3 Å². The lowest BCUT2D eigenvalue weighted by Gasteiger charge is -2.25. The Labute approximate surface area is 124 Å². The van der Waals surface area contributed by atoms with Crippen LogP contribution in [-0.2, 0) is 0 Å². The molecule has 2 amide bonds. The number of amides is 2. The number of nitrogens with zero attached hydrogens (tertiary/aromatic N) is 1. The van der Waals surface area contributed by atoms with E-state index in [0.29, 0.717) is 25.1 Å². The Hall–Kier alpha value is -1.91. The number of carbonyl (C=O) groups is 2. The van der Waals surface area contributed by atoms with E-state index < -0.39 is 0 Å². The molecule has 114 valence electrons.